The van der Waals surface area contributed by atoms with Crippen LogP contribution in [-0.4, -0.2) is 31.5 Å². The lowest BCUT2D eigenvalue weighted by atomic mass is 9.94. The molecule has 7 nitrogen and oxygen atoms in total. The maximum Gasteiger partial charge on any atom is 0.272 e. The number of H-pyrrole nitrogens is 1. The van der Waals surface area contributed by atoms with Crippen LogP contribution in [0.5, 0.6) is 0 Å². The third-order valence-electron chi connectivity index (χ3n) is 3.73. The molecule has 0 aliphatic carbocycles. The highest BCUT2D eigenvalue weighted by Crippen LogP contribution is 2.35. The van der Waals surface area contributed by atoms with Crippen molar-refractivity contribution in [3.05, 3.63) is 46.4 Å². The molecular formula is C13H12N6O. The van der Waals surface area contributed by atoms with Gasteiger partial charge in [-0.05, 0) is 12.1 Å². The highest BCUT2D eigenvalue weighted by Gasteiger charge is 2.28. The third kappa shape index (κ3) is 1.40. The monoisotopic (exact) mass is 268 g/mol. The highest BCUT2D eigenvalue weighted by atomic mass is 16.1. The maximum atomic E-state index is 11.9. The minimum Gasteiger partial charge on any atom is -0.383 e. The molecule has 1 aliphatic rings. The molecule has 7 heteroatoms. The summed E-state index contributed by atoms with van der Waals surface area (Å²) in [5.41, 5.74) is 1.60. The second-order valence-corrected chi connectivity index (χ2v) is 4.84. The fourth-order valence-corrected chi connectivity index (χ4v) is 2.79. The summed E-state index contributed by atoms with van der Waals surface area (Å²) in [6.07, 6.45) is 1.53. The van der Waals surface area contributed by atoms with Gasteiger partial charge < -0.3 is 5.32 Å². The van der Waals surface area contributed by atoms with E-state index in [-0.39, 0.29) is 11.5 Å². The molecule has 0 amide bonds. The second kappa shape index (κ2) is 3.89. The average molecular weight is 268 g/mol. The topological polar surface area (TPSA) is 88.5 Å². The Hall–Kier alpha value is -2.70. The molecule has 1 aromatic carbocycles. The number of aromatic amines is 1. The van der Waals surface area contributed by atoms with Gasteiger partial charge in [-0.15, -0.1) is 0 Å². The number of anilines is 1. The molecule has 0 spiro atoms. The van der Waals surface area contributed by atoms with E-state index in [1.807, 2.05) is 25.2 Å². The molecule has 0 saturated heterocycles. The normalized spacial score (nSPS) is 17.1. The van der Waals surface area contributed by atoms with Crippen molar-refractivity contribution >= 4 is 16.5 Å². The molecule has 1 atom stereocenters. The number of aryl methyl sites for hydroxylation is 1. The quantitative estimate of drug-likeness (QED) is 0.675. The zero-order valence-corrected chi connectivity index (χ0v) is 10.8. The summed E-state index contributed by atoms with van der Waals surface area (Å²) in [6, 6.07) is 5.63. The van der Waals surface area contributed by atoms with Crippen molar-refractivity contribution in [2.24, 2.45) is 7.05 Å². The Kier molecular flexibility index (Phi) is 2.17. The smallest absolute Gasteiger partial charge is 0.272 e. The zero-order chi connectivity index (χ0) is 13.7. The van der Waals surface area contributed by atoms with E-state index in [1.54, 1.807) is 4.68 Å². The number of hydrogen-bond acceptors (Lipinski definition) is 5. The van der Waals surface area contributed by atoms with E-state index >= 15 is 0 Å². The molecule has 20 heavy (non-hydrogen) atoms. The van der Waals surface area contributed by atoms with Crippen LogP contribution < -0.4 is 10.9 Å². The van der Waals surface area contributed by atoms with Crippen molar-refractivity contribution < 1.29 is 0 Å². The largest absolute Gasteiger partial charge is 0.383 e. The lowest BCUT2D eigenvalue weighted by molar-refractivity contribution is 0.642. The van der Waals surface area contributed by atoms with Gasteiger partial charge in [-0.1, -0.05) is 6.07 Å². The minimum absolute atomic E-state index is 0.0308. The first kappa shape index (κ1) is 11.2. The number of benzene rings is 1. The van der Waals surface area contributed by atoms with Crippen molar-refractivity contribution in [2.45, 2.75) is 5.92 Å². The molecular weight excluding hydrogens is 256 g/mol. The van der Waals surface area contributed by atoms with Gasteiger partial charge in [-0.2, -0.15) is 10.2 Å². The highest BCUT2D eigenvalue weighted by molar-refractivity contribution is 5.96. The van der Waals surface area contributed by atoms with Crippen LogP contribution in [0.2, 0.25) is 0 Å². The van der Waals surface area contributed by atoms with E-state index in [0.29, 0.717) is 11.9 Å². The molecule has 0 radical (unpaired) electrons. The lowest BCUT2D eigenvalue weighted by Gasteiger charge is -2.24. The van der Waals surface area contributed by atoms with Gasteiger partial charge in [0.2, 0.25) is 0 Å². The standard InChI is InChI=1S/C13H12N6O/c1-19-12(15-6-16-19)8-5-14-9-4-2-3-7-10(9)11(8)17-18-13(7)20/h2-4,6,8,14H,5H2,1H3,(H,18,20). The predicted octanol–water partition coefficient (Wildman–Crippen LogP) is 0.609. The summed E-state index contributed by atoms with van der Waals surface area (Å²) in [7, 11) is 1.85. The Bertz CT molecular complexity index is 865. The van der Waals surface area contributed by atoms with Crippen LogP contribution in [0.25, 0.3) is 10.8 Å². The van der Waals surface area contributed by atoms with E-state index in [0.717, 1.165) is 22.6 Å². The van der Waals surface area contributed by atoms with Crippen molar-refractivity contribution in [3.8, 4) is 0 Å². The summed E-state index contributed by atoms with van der Waals surface area (Å²) >= 11 is 0. The summed E-state index contributed by atoms with van der Waals surface area (Å²) in [4.78, 5) is 16.2. The van der Waals surface area contributed by atoms with E-state index in [2.05, 4.69) is 25.6 Å². The molecule has 3 heterocycles. The van der Waals surface area contributed by atoms with Crippen molar-refractivity contribution in [1.82, 2.24) is 25.0 Å². The van der Waals surface area contributed by atoms with Crippen LogP contribution in [0.3, 0.4) is 0 Å². The van der Waals surface area contributed by atoms with Gasteiger partial charge >= 0.3 is 0 Å². The van der Waals surface area contributed by atoms with Crippen LogP contribution in [0.15, 0.2) is 29.3 Å². The van der Waals surface area contributed by atoms with Crippen LogP contribution in [-0.2, 0) is 7.05 Å². The van der Waals surface area contributed by atoms with E-state index in [1.165, 1.54) is 6.33 Å². The van der Waals surface area contributed by atoms with Gasteiger partial charge in [0, 0.05) is 24.7 Å². The Labute approximate surface area is 113 Å². The first-order chi connectivity index (χ1) is 9.75. The molecule has 1 unspecified atom stereocenters. The lowest BCUT2D eigenvalue weighted by Crippen LogP contribution is -2.26. The van der Waals surface area contributed by atoms with Crippen molar-refractivity contribution in [3.63, 3.8) is 0 Å². The van der Waals surface area contributed by atoms with Gasteiger partial charge in [0.1, 0.15) is 12.2 Å². The fraction of sp³-hybridized carbons (Fsp3) is 0.231. The van der Waals surface area contributed by atoms with E-state index < -0.39 is 0 Å². The average Bonchev–Trinajstić information content (AvgIpc) is 2.89. The van der Waals surface area contributed by atoms with E-state index in [9.17, 15) is 4.79 Å². The first-order valence-electron chi connectivity index (χ1n) is 6.35. The van der Waals surface area contributed by atoms with Crippen LogP contribution in [0, 0.1) is 0 Å². The van der Waals surface area contributed by atoms with Gasteiger partial charge in [0.25, 0.3) is 5.56 Å². The Morgan fingerprint density at radius 1 is 1.40 bits per heavy atom. The minimum atomic E-state index is -0.175. The Morgan fingerprint density at radius 3 is 3.10 bits per heavy atom. The number of aromatic nitrogens is 5. The molecule has 4 rings (SSSR count). The molecule has 2 N–H and O–H groups in total. The second-order valence-electron chi connectivity index (χ2n) is 4.84. The summed E-state index contributed by atoms with van der Waals surface area (Å²) < 4.78 is 1.74. The predicted molar refractivity (Wildman–Crippen MR) is 73.7 cm³/mol. The van der Waals surface area contributed by atoms with Crippen LogP contribution >= 0.6 is 0 Å². The number of rotatable bonds is 1. The van der Waals surface area contributed by atoms with Gasteiger partial charge in [-0.25, -0.2) is 10.1 Å². The summed E-state index contributed by atoms with van der Waals surface area (Å²) in [5.74, 6) is 0.796. The molecule has 100 valence electrons. The molecule has 0 saturated carbocycles. The van der Waals surface area contributed by atoms with Crippen LogP contribution in [0.4, 0.5) is 5.69 Å². The zero-order valence-electron chi connectivity index (χ0n) is 10.8. The van der Waals surface area contributed by atoms with Gasteiger partial charge in [0.15, 0.2) is 0 Å². The fourth-order valence-electron chi connectivity index (χ4n) is 2.79. The molecule has 3 aromatic rings. The summed E-state index contributed by atoms with van der Waals surface area (Å²) in [6.45, 7) is 0.678. The molecule has 0 bridgehead atoms. The Morgan fingerprint density at radius 2 is 2.30 bits per heavy atom. The maximum absolute atomic E-state index is 11.9. The molecule has 1 aliphatic heterocycles. The Balaban J connectivity index is 2.05. The third-order valence-corrected chi connectivity index (χ3v) is 3.73. The van der Waals surface area contributed by atoms with Gasteiger partial charge in [0.05, 0.1) is 17.0 Å². The molecule has 2 aromatic heterocycles. The van der Waals surface area contributed by atoms with Crippen molar-refractivity contribution in [1.29, 1.82) is 0 Å². The number of hydrogen-bond donors (Lipinski definition) is 2. The molecule has 0 fully saturated rings. The SMILES string of the molecule is Cn1ncnc1C1CNc2cccc3c(=O)[nH]nc1c23. The van der Waals surface area contributed by atoms with E-state index in [4.69, 9.17) is 0 Å². The summed E-state index contributed by atoms with van der Waals surface area (Å²) in [5, 5.41) is 15.8. The van der Waals surface area contributed by atoms with Crippen LogP contribution in [0.1, 0.15) is 17.4 Å². The number of nitrogens with one attached hydrogen (secondary N) is 2. The first-order valence-corrected chi connectivity index (χ1v) is 6.35. The van der Waals surface area contributed by atoms with Gasteiger partial charge in [-0.3, -0.25) is 9.48 Å². The number of nitrogens with zero attached hydrogens (tertiary/aromatic N) is 4. The van der Waals surface area contributed by atoms with Crippen molar-refractivity contribution in [2.75, 3.05) is 11.9 Å².